The molecular weight excluding hydrogens is 422 g/mol. The van der Waals surface area contributed by atoms with Crippen LogP contribution in [0, 0.1) is 0 Å². The number of aliphatic hydroxyl groups is 1. The van der Waals surface area contributed by atoms with Crippen molar-refractivity contribution in [3.8, 4) is 28.4 Å². The van der Waals surface area contributed by atoms with Gasteiger partial charge in [0, 0.05) is 35.3 Å². The van der Waals surface area contributed by atoms with E-state index in [9.17, 15) is 19.8 Å². The number of ether oxygens (including phenoxy) is 1. The van der Waals surface area contributed by atoms with Crippen LogP contribution in [0.4, 0.5) is 0 Å². The van der Waals surface area contributed by atoms with Crippen molar-refractivity contribution in [2.75, 3.05) is 7.11 Å². The van der Waals surface area contributed by atoms with E-state index in [2.05, 4.69) is 9.97 Å². The highest BCUT2D eigenvalue weighted by atomic mass is 16.5. The highest BCUT2D eigenvalue weighted by molar-refractivity contribution is 6.07. The fourth-order valence-corrected chi connectivity index (χ4v) is 3.39. The van der Waals surface area contributed by atoms with Crippen molar-refractivity contribution in [2.24, 2.45) is 0 Å². The summed E-state index contributed by atoms with van der Waals surface area (Å²) in [6, 6.07) is 13.5. The predicted molar refractivity (Wildman–Crippen MR) is 124 cm³/mol. The van der Waals surface area contributed by atoms with E-state index in [1.807, 2.05) is 6.07 Å². The Morgan fingerprint density at radius 1 is 1.21 bits per heavy atom. The van der Waals surface area contributed by atoms with Crippen LogP contribution in [0.5, 0.6) is 11.5 Å². The summed E-state index contributed by atoms with van der Waals surface area (Å²) < 4.78 is 6.54. The summed E-state index contributed by atoms with van der Waals surface area (Å²) in [6.07, 6.45) is 7.92. The number of aromatic amines is 1. The van der Waals surface area contributed by atoms with Crippen molar-refractivity contribution in [2.45, 2.75) is 6.61 Å². The van der Waals surface area contributed by atoms with Crippen molar-refractivity contribution in [3.05, 3.63) is 100 Å². The van der Waals surface area contributed by atoms with Crippen LogP contribution >= 0.6 is 0 Å². The first-order valence-electron chi connectivity index (χ1n) is 10.1. The van der Waals surface area contributed by atoms with Crippen molar-refractivity contribution >= 4 is 11.9 Å². The zero-order valence-electron chi connectivity index (χ0n) is 17.7. The number of imidazole rings is 1. The summed E-state index contributed by atoms with van der Waals surface area (Å²) in [5.41, 5.74) is 2.87. The largest absolute Gasteiger partial charge is 0.504 e. The van der Waals surface area contributed by atoms with Gasteiger partial charge in [0.25, 0.3) is 0 Å². The first kappa shape index (κ1) is 21.8. The maximum absolute atomic E-state index is 12.8. The second kappa shape index (κ2) is 9.37. The molecule has 0 spiro atoms. The van der Waals surface area contributed by atoms with Gasteiger partial charge < -0.3 is 19.9 Å². The van der Waals surface area contributed by atoms with Gasteiger partial charge in [0.2, 0.25) is 0 Å². The third-order valence-corrected chi connectivity index (χ3v) is 5.09. The molecule has 2 aromatic carbocycles. The molecule has 3 N–H and O–H groups in total. The lowest BCUT2D eigenvalue weighted by Gasteiger charge is -2.08. The number of carbonyl (C=O) groups excluding carboxylic acids is 1. The van der Waals surface area contributed by atoms with Crippen LogP contribution in [0.1, 0.15) is 21.5 Å². The van der Waals surface area contributed by atoms with Gasteiger partial charge in [-0.1, -0.05) is 18.2 Å². The van der Waals surface area contributed by atoms with Gasteiger partial charge in [-0.2, -0.15) is 0 Å². The van der Waals surface area contributed by atoms with Crippen LogP contribution in [-0.2, 0) is 6.61 Å². The molecule has 2 aromatic heterocycles. The SMILES string of the molecule is COc1cc(C=CC(=O)c2cccc(-n3cc(-c4cccnc4)[nH]c3=O)c2)cc(CO)c1O. The number of aromatic nitrogens is 3. The minimum Gasteiger partial charge on any atom is -0.504 e. The fourth-order valence-electron chi connectivity index (χ4n) is 3.39. The van der Waals surface area contributed by atoms with Crippen LogP contribution in [0.25, 0.3) is 23.0 Å². The van der Waals surface area contributed by atoms with Crippen molar-refractivity contribution < 1.29 is 19.7 Å². The number of hydrogen-bond donors (Lipinski definition) is 3. The van der Waals surface area contributed by atoms with E-state index >= 15 is 0 Å². The summed E-state index contributed by atoms with van der Waals surface area (Å²) in [5.74, 6) is -0.212. The summed E-state index contributed by atoms with van der Waals surface area (Å²) in [6.45, 7) is -0.369. The second-order valence-corrected chi connectivity index (χ2v) is 7.22. The molecule has 0 amide bonds. The number of nitrogens with zero attached hydrogens (tertiary/aromatic N) is 2. The Morgan fingerprint density at radius 2 is 2.06 bits per heavy atom. The van der Waals surface area contributed by atoms with Gasteiger partial charge >= 0.3 is 5.69 Å². The van der Waals surface area contributed by atoms with Crippen LogP contribution < -0.4 is 10.4 Å². The summed E-state index contributed by atoms with van der Waals surface area (Å²) in [7, 11) is 1.41. The number of aliphatic hydroxyl groups excluding tert-OH is 1. The number of methoxy groups -OCH3 is 1. The Hall–Kier alpha value is -4.43. The molecule has 2 heterocycles. The zero-order valence-corrected chi connectivity index (χ0v) is 17.7. The molecule has 0 fully saturated rings. The topological polar surface area (TPSA) is 117 Å². The predicted octanol–water partition coefficient (Wildman–Crippen LogP) is 3.33. The van der Waals surface area contributed by atoms with Crippen LogP contribution in [0.15, 0.2) is 78.0 Å². The van der Waals surface area contributed by atoms with Gasteiger partial charge in [0.1, 0.15) is 0 Å². The van der Waals surface area contributed by atoms with Crippen LogP contribution in [0.2, 0.25) is 0 Å². The monoisotopic (exact) mass is 443 g/mol. The number of hydrogen-bond acceptors (Lipinski definition) is 6. The smallest absolute Gasteiger partial charge is 0.330 e. The summed E-state index contributed by atoms with van der Waals surface area (Å²) >= 11 is 0. The van der Waals surface area contributed by atoms with Gasteiger partial charge in [-0.3, -0.25) is 14.3 Å². The van der Waals surface area contributed by atoms with Gasteiger partial charge in [-0.15, -0.1) is 0 Å². The molecule has 0 aliphatic heterocycles. The number of carbonyl (C=O) groups is 1. The number of rotatable bonds is 7. The molecule has 4 rings (SSSR count). The van der Waals surface area contributed by atoms with Crippen LogP contribution in [0.3, 0.4) is 0 Å². The normalized spacial score (nSPS) is 11.1. The molecule has 0 saturated carbocycles. The van der Waals surface area contributed by atoms with E-state index in [1.54, 1.807) is 67.1 Å². The molecule has 0 radical (unpaired) electrons. The Labute approximate surface area is 189 Å². The molecule has 0 saturated heterocycles. The van der Waals surface area contributed by atoms with Gasteiger partial charge in [0.15, 0.2) is 17.3 Å². The first-order chi connectivity index (χ1) is 16.0. The number of ketones is 1. The number of phenols is 1. The minimum atomic E-state index is -0.369. The van der Waals surface area contributed by atoms with E-state index < -0.39 is 0 Å². The number of pyridine rings is 1. The van der Waals surface area contributed by atoms with Crippen LogP contribution in [-0.4, -0.2) is 37.6 Å². The molecule has 8 nitrogen and oxygen atoms in total. The third-order valence-electron chi connectivity index (χ3n) is 5.09. The molecular formula is C25H21N3O5. The van der Waals surface area contributed by atoms with E-state index in [4.69, 9.17) is 4.74 Å². The first-order valence-corrected chi connectivity index (χ1v) is 10.1. The molecule has 0 bridgehead atoms. The maximum atomic E-state index is 12.8. The number of H-pyrrole nitrogens is 1. The molecule has 0 atom stereocenters. The maximum Gasteiger partial charge on any atom is 0.330 e. The quantitative estimate of drug-likeness (QED) is 0.298. The Kier molecular flexibility index (Phi) is 6.19. The van der Waals surface area contributed by atoms with Gasteiger partial charge in [0.05, 0.1) is 25.1 Å². The van der Waals surface area contributed by atoms with Gasteiger partial charge in [-0.05, 0) is 48.0 Å². The second-order valence-electron chi connectivity index (χ2n) is 7.22. The van der Waals surface area contributed by atoms with E-state index in [-0.39, 0.29) is 29.6 Å². The molecule has 4 aromatic rings. The molecule has 0 aliphatic rings. The lowest BCUT2D eigenvalue weighted by Crippen LogP contribution is -2.14. The zero-order chi connectivity index (χ0) is 23.4. The Bertz CT molecular complexity index is 1360. The average molecular weight is 443 g/mol. The fraction of sp³-hybridized carbons (Fsp3) is 0.0800. The number of benzene rings is 2. The molecule has 8 heteroatoms. The molecule has 33 heavy (non-hydrogen) atoms. The molecule has 0 unspecified atom stereocenters. The number of aromatic hydroxyl groups is 1. The van der Waals surface area contributed by atoms with Crippen molar-refractivity contribution in [1.82, 2.24) is 14.5 Å². The molecule has 166 valence electrons. The third kappa shape index (κ3) is 4.60. The van der Waals surface area contributed by atoms with E-state index in [0.29, 0.717) is 28.1 Å². The number of allylic oxidation sites excluding steroid dienone is 1. The lowest BCUT2D eigenvalue weighted by molar-refractivity contribution is 0.104. The highest BCUT2D eigenvalue weighted by Gasteiger charge is 2.11. The Morgan fingerprint density at radius 3 is 2.79 bits per heavy atom. The van der Waals surface area contributed by atoms with Gasteiger partial charge in [-0.25, -0.2) is 4.79 Å². The van der Waals surface area contributed by atoms with E-state index in [1.165, 1.54) is 17.8 Å². The van der Waals surface area contributed by atoms with E-state index in [0.717, 1.165) is 5.56 Å². The minimum absolute atomic E-state index is 0.140. The van der Waals surface area contributed by atoms with Crippen molar-refractivity contribution in [3.63, 3.8) is 0 Å². The standard InChI is InChI=1S/C25H21N3O5/c1-33-23-11-16(10-19(15-29)24(23)31)7-8-22(30)17-4-2-6-20(12-17)28-14-21(27-25(28)32)18-5-3-9-26-13-18/h2-14,29,31H,15H2,1H3,(H,27,32). The lowest BCUT2D eigenvalue weighted by atomic mass is 10.1. The Balaban J connectivity index is 1.61. The van der Waals surface area contributed by atoms with Crippen molar-refractivity contribution in [1.29, 1.82) is 0 Å². The summed E-state index contributed by atoms with van der Waals surface area (Å²) in [4.78, 5) is 32.1. The number of nitrogens with one attached hydrogen (secondary N) is 1. The molecule has 0 aliphatic carbocycles. The average Bonchev–Trinajstić information content (AvgIpc) is 3.25. The highest BCUT2D eigenvalue weighted by Crippen LogP contribution is 2.32. The summed E-state index contributed by atoms with van der Waals surface area (Å²) in [5, 5.41) is 19.4.